The summed E-state index contributed by atoms with van der Waals surface area (Å²) in [5, 5.41) is 11.8. The van der Waals surface area contributed by atoms with Gasteiger partial charge in [-0.1, -0.05) is 25.7 Å². The Morgan fingerprint density at radius 3 is 2.17 bits per heavy atom. The largest absolute Gasteiger partial charge is 0.497 e. The average molecular weight is 409 g/mol. The number of methoxy groups -OCH3 is 1. The van der Waals surface area contributed by atoms with Crippen LogP contribution in [-0.4, -0.2) is 62.3 Å². The van der Waals surface area contributed by atoms with Crippen molar-refractivity contribution in [3.8, 4) is 11.5 Å². The number of carbonyl (C=O) groups excluding carboxylic acids is 1. The number of hydrogen-bond acceptors (Lipinski definition) is 5. The number of amides is 1. The van der Waals surface area contributed by atoms with Gasteiger partial charge in [0, 0.05) is 13.0 Å². The lowest BCUT2D eigenvalue weighted by Gasteiger charge is -2.20. The van der Waals surface area contributed by atoms with E-state index >= 15 is 0 Å². The molecule has 0 fully saturated rings. The van der Waals surface area contributed by atoms with Crippen molar-refractivity contribution in [2.24, 2.45) is 0 Å². The Kier molecular flexibility index (Phi) is 12.5. The molecule has 0 heterocycles. The Labute approximate surface area is 174 Å². The number of benzene rings is 1. The first-order valence-corrected chi connectivity index (χ1v) is 10.3. The monoisotopic (exact) mass is 408 g/mol. The number of ether oxygens (including phenoxy) is 2. The van der Waals surface area contributed by atoms with Crippen LogP contribution in [0.15, 0.2) is 24.3 Å². The van der Waals surface area contributed by atoms with Gasteiger partial charge in [-0.3, -0.25) is 9.59 Å². The third-order valence-electron chi connectivity index (χ3n) is 4.50. The van der Waals surface area contributed by atoms with Crippen LogP contribution in [0.1, 0.15) is 51.4 Å². The molecule has 7 heteroatoms. The van der Waals surface area contributed by atoms with Gasteiger partial charge in [0.05, 0.1) is 26.2 Å². The van der Waals surface area contributed by atoms with E-state index in [-0.39, 0.29) is 18.4 Å². The maximum atomic E-state index is 12.0. The summed E-state index contributed by atoms with van der Waals surface area (Å²) >= 11 is 0. The number of rotatable bonds is 16. The van der Waals surface area contributed by atoms with Gasteiger partial charge in [0.1, 0.15) is 11.5 Å². The van der Waals surface area contributed by atoms with Gasteiger partial charge in [0.25, 0.3) is 0 Å². The Hall–Kier alpha value is -2.28. The van der Waals surface area contributed by atoms with Crippen molar-refractivity contribution < 1.29 is 24.2 Å². The molecule has 0 spiro atoms. The fourth-order valence-corrected chi connectivity index (χ4v) is 3.07. The molecule has 0 saturated carbocycles. The highest BCUT2D eigenvalue weighted by Crippen LogP contribution is 2.17. The first-order valence-electron chi connectivity index (χ1n) is 10.3. The Morgan fingerprint density at radius 2 is 1.59 bits per heavy atom. The van der Waals surface area contributed by atoms with Crippen LogP contribution in [-0.2, 0) is 9.59 Å². The molecular formula is C22H36N2O5. The number of carboxylic acid groups (broad SMARTS) is 1. The van der Waals surface area contributed by atoms with Gasteiger partial charge >= 0.3 is 5.97 Å². The first kappa shape index (κ1) is 24.8. The van der Waals surface area contributed by atoms with Crippen molar-refractivity contribution >= 4 is 11.9 Å². The van der Waals surface area contributed by atoms with Gasteiger partial charge in [0.15, 0.2) is 0 Å². The molecule has 0 aliphatic carbocycles. The Bertz CT molecular complexity index is 589. The molecular weight excluding hydrogens is 372 g/mol. The molecule has 1 amide bonds. The van der Waals surface area contributed by atoms with E-state index < -0.39 is 5.97 Å². The Morgan fingerprint density at radius 1 is 1.00 bits per heavy atom. The molecule has 0 aliphatic rings. The molecule has 1 unspecified atom stereocenters. The SMILES string of the molecule is COc1ccc(OCCCCCCCCC(=O)NC(CC(=O)O)CN(C)C)cc1. The number of likely N-dealkylation sites (N-methyl/N-ethyl adjacent to an activating group) is 1. The lowest BCUT2D eigenvalue weighted by Crippen LogP contribution is -2.42. The van der Waals surface area contributed by atoms with Crippen LogP contribution in [0.3, 0.4) is 0 Å². The first-order chi connectivity index (χ1) is 13.9. The van der Waals surface area contributed by atoms with E-state index in [2.05, 4.69) is 5.32 Å². The quantitative estimate of drug-likeness (QED) is 0.408. The van der Waals surface area contributed by atoms with E-state index in [1.807, 2.05) is 43.3 Å². The summed E-state index contributed by atoms with van der Waals surface area (Å²) in [4.78, 5) is 24.8. The molecule has 0 saturated heterocycles. The minimum atomic E-state index is -0.895. The van der Waals surface area contributed by atoms with Crippen LogP contribution in [0.5, 0.6) is 11.5 Å². The van der Waals surface area contributed by atoms with Crippen LogP contribution < -0.4 is 14.8 Å². The van der Waals surface area contributed by atoms with Crippen molar-refractivity contribution in [3.63, 3.8) is 0 Å². The molecule has 1 rings (SSSR count). The van der Waals surface area contributed by atoms with Crippen molar-refractivity contribution in [1.29, 1.82) is 0 Å². The average Bonchev–Trinajstić information content (AvgIpc) is 2.66. The van der Waals surface area contributed by atoms with Crippen LogP contribution in [0.2, 0.25) is 0 Å². The maximum absolute atomic E-state index is 12.0. The van der Waals surface area contributed by atoms with E-state index in [0.717, 1.165) is 50.0 Å². The van der Waals surface area contributed by atoms with Gasteiger partial charge in [-0.15, -0.1) is 0 Å². The van der Waals surface area contributed by atoms with Gasteiger partial charge in [-0.05, 0) is 51.2 Å². The second-order valence-corrected chi connectivity index (χ2v) is 7.52. The fraction of sp³-hybridized carbons (Fsp3) is 0.636. The predicted molar refractivity (Wildman–Crippen MR) is 114 cm³/mol. The highest BCUT2D eigenvalue weighted by atomic mass is 16.5. The van der Waals surface area contributed by atoms with Crippen LogP contribution >= 0.6 is 0 Å². The molecule has 7 nitrogen and oxygen atoms in total. The van der Waals surface area contributed by atoms with Gasteiger partial charge in [0.2, 0.25) is 5.91 Å². The highest BCUT2D eigenvalue weighted by Gasteiger charge is 2.16. The molecule has 29 heavy (non-hydrogen) atoms. The summed E-state index contributed by atoms with van der Waals surface area (Å²) in [5.74, 6) is 0.715. The number of carbonyl (C=O) groups is 2. The second kappa shape index (κ2) is 14.7. The van der Waals surface area contributed by atoms with Crippen molar-refractivity contribution in [2.45, 2.75) is 57.4 Å². The maximum Gasteiger partial charge on any atom is 0.305 e. The lowest BCUT2D eigenvalue weighted by atomic mass is 10.1. The van der Waals surface area contributed by atoms with Gasteiger partial charge < -0.3 is 24.8 Å². The Balaban J connectivity index is 2.03. The summed E-state index contributed by atoms with van der Waals surface area (Å²) in [6.07, 6.45) is 6.55. The smallest absolute Gasteiger partial charge is 0.305 e. The summed E-state index contributed by atoms with van der Waals surface area (Å²) < 4.78 is 10.8. The summed E-state index contributed by atoms with van der Waals surface area (Å²) in [6, 6.07) is 7.24. The fourth-order valence-electron chi connectivity index (χ4n) is 3.07. The van der Waals surface area contributed by atoms with E-state index in [9.17, 15) is 9.59 Å². The minimum absolute atomic E-state index is 0.0531. The van der Waals surface area contributed by atoms with E-state index in [1.54, 1.807) is 7.11 Å². The molecule has 164 valence electrons. The number of aliphatic carboxylic acids is 1. The molecule has 0 aromatic heterocycles. The van der Waals surface area contributed by atoms with Crippen LogP contribution in [0, 0.1) is 0 Å². The zero-order valence-corrected chi connectivity index (χ0v) is 18.0. The van der Waals surface area contributed by atoms with E-state index in [0.29, 0.717) is 19.6 Å². The summed E-state index contributed by atoms with van der Waals surface area (Å²) in [6.45, 7) is 1.22. The van der Waals surface area contributed by atoms with Crippen molar-refractivity contribution in [2.75, 3.05) is 34.4 Å². The summed E-state index contributed by atoms with van der Waals surface area (Å²) in [5.41, 5.74) is 0. The molecule has 1 aromatic rings. The zero-order valence-electron chi connectivity index (χ0n) is 18.0. The lowest BCUT2D eigenvalue weighted by molar-refractivity contribution is -0.137. The minimum Gasteiger partial charge on any atom is -0.497 e. The molecule has 0 bridgehead atoms. The van der Waals surface area contributed by atoms with E-state index in [1.165, 1.54) is 0 Å². The van der Waals surface area contributed by atoms with Crippen molar-refractivity contribution in [3.05, 3.63) is 24.3 Å². The van der Waals surface area contributed by atoms with Gasteiger partial charge in [-0.2, -0.15) is 0 Å². The molecule has 1 atom stereocenters. The highest BCUT2D eigenvalue weighted by molar-refractivity contribution is 5.77. The molecule has 0 radical (unpaired) electrons. The van der Waals surface area contributed by atoms with Crippen LogP contribution in [0.25, 0.3) is 0 Å². The zero-order chi connectivity index (χ0) is 21.5. The van der Waals surface area contributed by atoms with E-state index in [4.69, 9.17) is 14.6 Å². The number of hydrogen-bond donors (Lipinski definition) is 2. The molecule has 1 aromatic carbocycles. The number of nitrogens with zero attached hydrogens (tertiary/aromatic N) is 1. The second-order valence-electron chi connectivity index (χ2n) is 7.52. The third kappa shape index (κ3) is 12.7. The summed E-state index contributed by atoms with van der Waals surface area (Å²) in [7, 11) is 5.37. The third-order valence-corrected chi connectivity index (χ3v) is 4.50. The van der Waals surface area contributed by atoms with Gasteiger partial charge in [-0.25, -0.2) is 0 Å². The number of nitrogens with one attached hydrogen (secondary N) is 1. The molecule has 0 aliphatic heterocycles. The van der Waals surface area contributed by atoms with Crippen LogP contribution in [0.4, 0.5) is 0 Å². The molecule has 2 N–H and O–H groups in total. The standard InChI is InChI=1S/C22H36N2O5/c1-24(2)17-18(16-22(26)27)23-21(25)10-8-6-4-5-7-9-15-29-20-13-11-19(28-3)12-14-20/h11-14,18H,4-10,15-17H2,1-3H3,(H,23,25)(H,26,27). The van der Waals surface area contributed by atoms with Crippen molar-refractivity contribution in [1.82, 2.24) is 10.2 Å². The predicted octanol–water partition coefficient (Wildman–Crippen LogP) is 3.33. The normalized spacial score (nSPS) is 11.9. The number of carboxylic acids is 1. The topological polar surface area (TPSA) is 88.1 Å². The number of unbranched alkanes of at least 4 members (excludes halogenated alkanes) is 5.